The molecule has 3 aromatic rings. The van der Waals surface area contributed by atoms with Gasteiger partial charge in [-0.05, 0) is 24.6 Å². The molecule has 3 rings (SSSR count). The predicted octanol–water partition coefficient (Wildman–Crippen LogP) is 3.34. The molecule has 1 unspecified atom stereocenters. The quantitative estimate of drug-likeness (QED) is 0.736. The van der Waals surface area contributed by atoms with Crippen LogP contribution in [0, 0.1) is 6.92 Å². The Morgan fingerprint density at radius 3 is 2.68 bits per heavy atom. The zero-order valence-corrected chi connectivity index (χ0v) is 14.4. The van der Waals surface area contributed by atoms with Crippen LogP contribution in [-0.2, 0) is 0 Å². The lowest BCUT2D eigenvalue weighted by Gasteiger charge is -2.15. The van der Waals surface area contributed by atoms with Crippen LogP contribution in [-0.4, -0.2) is 21.4 Å². The third kappa shape index (κ3) is 3.90. The van der Waals surface area contributed by atoms with Gasteiger partial charge in [0.1, 0.15) is 5.02 Å². The third-order valence-corrected chi connectivity index (χ3v) is 4.20. The summed E-state index contributed by atoms with van der Waals surface area (Å²) in [5, 5.41) is 17.5. The number of nitrogens with one attached hydrogen (secondary N) is 1. The number of aliphatic hydroxyl groups is 1. The van der Waals surface area contributed by atoms with Gasteiger partial charge in [-0.25, -0.2) is 0 Å². The lowest BCUT2D eigenvalue weighted by atomic mass is 10.1. The number of anilines is 1. The van der Waals surface area contributed by atoms with Gasteiger partial charge in [0.05, 0.1) is 23.7 Å². The number of aliphatic hydroxyl groups excluding tert-OH is 1. The molecule has 0 amide bonds. The van der Waals surface area contributed by atoms with Gasteiger partial charge < -0.3 is 10.4 Å². The summed E-state index contributed by atoms with van der Waals surface area (Å²) in [5.74, 6) is 0. The van der Waals surface area contributed by atoms with Crippen molar-refractivity contribution in [3.8, 4) is 5.69 Å². The van der Waals surface area contributed by atoms with Crippen LogP contribution < -0.4 is 10.9 Å². The van der Waals surface area contributed by atoms with Crippen LogP contribution in [0.1, 0.15) is 17.2 Å². The summed E-state index contributed by atoms with van der Waals surface area (Å²) in [4.78, 5) is 12.4. The van der Waals surface area contributed by atoms with Crippen molar-refractivity contribution >= 4 is 17.3 Å². The molecule has 2 N–H and O–H groups in total. The van der Waals surface area contributed by atoms with Gasteiger partial charge in [0.25, 0.3) is 5.56 Å². The molecule has 0 aliphatic carbocycles. The van der Waals surface area contributed by atoms with Crippen LogP contribution in [0.15, 0.2) is 65.6 Å². The summed E-state index contributed by atoms with van der Waals surface area (Å²) in [7, 11) is 0. The molecule has 2 aromatic carbocycles. The topological polar surface area (TPSA) is 67.2 Å². The summed E-state index contributed by atoms with van der Waals surface area (Å²) in [6.45, 7) is 2.19. The molecule has 1 aromatic heterocycles. The standard InChI is InChI=1S/C19H18ClN3O2/c1-13-6-5-7-14(10-13)17(24)12-21-16-11-22-23(19(25)18(16)20)15-8-3-2-4-9-15/h2-11,17,21,24H,12H2,1H3. The minimum absolute atomic E-state index is 0.0373. The maximum atomic E-state index is 12.4. The number of aromatic nitrogens is 2. The van der Waals surface area contributed by atoms with Crippen molar-refractivity contribution in [3.05, 3.63) is 87.3 Å². The van der Waals surface area contributed by atoms with Crippen molar-refractivity contribution in [2.45, 2.75) is 13.0 Å². The lowest BCUT2D eigenvalue weighted by molar-refractivity contribution is 0.191. The average molecular weight is 356 g/mol. The first-order chi connectivity index (χ1) is 12.1. The van der Waals surface area contributed by atoms with Crippen molar-refractivity contribution in [2.75, 3.05) is 11.9 Å². The molecule has 0 saturated carbocycles. The zero-order valence-electron chi connectivity index (χ0n) is 13.7. The van der Waals surface area contributed by atoms with Gasteiger partial charge in [-0.1, -0.05) is 59.6 Å². The van der Waals surface area contributed by atoms with Crippen molar-refractivity contribution in [2.24, 2.45) is 0 Å². The maximum absolute atomic E-state index is 12.4. The number of benzene rings is 2. The first-order valence-electron chi connectivity index (χ1n) is 7.88. The number of para-hydroxylation sites is 1. The Hall–Kier alpha value is -2.63. The van der Waals surface area contributed by atoms with E-state index >= 15 is 0 Å². The molecule has 0 aliphatic rings. The number of rotatable bonds is 5. The second-order valence-corrected chi connectivity index (χ2v) is 6.11. The predicted molar refractivity (Wildman–Crippen MR) is 99.5 cm³/mol. The summed E-state index contributed by atoms with van der Waals surface area (Å²) >= 11 is 6.19. The maximum Gasteiger partial charge on any atom is 0.292 e. The monoisotopic (exact) mass is 355 g/mol. The van der Waals surface area contributed by atoms with E-state index in [0.29, 0.717) is 11.4 Å². The molecule has 0 saturated heterocycles. The lowest BCUT2D eigenvalue weighted by Crippen LogP contribution is -2.23. The molecule has 0 fully saturated rings. The molecule has 5 nitrogen and oxygen atoms in total. The second kappa shape index (κ2) is 7.51. The van der Waals surface area contributed by atoms with Crippen LogP contribution in [0.3, 0.4) is 0 Å². The minimum Gasteiger partial charge on any atom is -0.387 e. The fraction of sp³-hybridized carbons (Fsp3) is 0.158. The van der Waals surface area contributed by atoms with Crippen molar-refractivity contribution in [1.29, 1.82) is 0 Å². The van der Waals surface area contributed by atoms with E-state index in [4.69, 9.17) is 11.6 Å². The zero-order chi connectivity index (χ0) is 17.8. The highest BCUT2D eigenvalue weighted by atomic mass is 35.5. The number of aryl methyl sites for hydroxylation is 1. The molecule has 25 heavy (non-hydrogen) atoms. The first-order valence-corrected chi connectivity index (χ1v) is 8.26. The number of hydrogen-bond donors (Lipinski definition) is 2. The third-order valence-electron chi connectivity index (χ3n) is 3.83. The summed E-state index contributed by atoms with van der Waals surface area (Å²) < 4.78 is 1.24. The molecule has 128 valence electrons. The normalized spacial score (nSPS) is 12.0. The molecule has 6 heteroatoms. The Kier molecular flexibility index (Phi) is 5.16. The molecular weight excluding hydrogens is 338 g/mol. The Bertz CT molecular complexity index is 925. The minimum atomic E-state index is -0.715. The Labute approximate surface area is 150 Å². The van der Waals surface area contributed by atoms with E-state index in [2.05, 4.69) is 10.4 Å². The summed E-state index contributed by atoms with van der Waals surface area (Å²) in [6, 6.07) is 16.7. The van der Waals surface area contributed by atoms with Crippen LogP contribution in [0.4, 0.5) is 5.69 Å². The molecule has 0 bridgehead atoms. The van der Waals surface area contributed by atoms with Crippen molar-refractivity contribution < 1.29 is 5.11 Å². The fourth-order valence-corrected chi connectivity index (χ4v) is 2.71. The SMILES string of the molecule is Cc1cccc(C(O)CNc2cnn(-c3ccccc3)c(=O)c2Cl)c1. The van der Waals surface area contributed by atoms with Gasteiger partial charge in [-0.2, -0.15) is 9.78 Å². The van der Waals surface area contributed by atoms with E-state index in [9.17, 15) is 9.90 Å². The Morgan fingerprint density at radius 2 is 1.96 bits per heavy atom. The number of hydrogen-bond acceptors (Lipinski definition) is 4. The largest absolute Gasteiger partial charge is 0.387 e. The molecule has 0 radical (unpaired) electrons. The summed E-state index contributed by atoms with van der Waals surface area (Å²) in [6.07, 6.45) is 0.771. The van der Waals surface area contributed by atoms with Gasteiger partial charge >= 0.3 is 0 Å². The van der Waals surface area contributed by atoms with E-state index in [1.165, 1.54) is 10.9 Å². The van der Waals surface area contributed by atoms with Crippen LogP contribution in [0.5, 0.6) is 0 Å². The van der Waals surface area contributed by atoms with E-state index in [1.54, 1.807) is 12.1 Å². The van der Waals surface area contributed by atoms with E-state index in [1.807, 2.05) is 49.4 Å². The van der Waals surface area contributed by atoms with E-state index < -0.39 is 11.7 Å². The number of halogens is 1. The van der Waals surface area contributed by atoms with Gasteiger partial charge in [0.15, 0.2) is 0 Å². The molecule has 0 spiro atoms. The van der Waals surface area contributed by atoms with Gasteiger partial charge in [-0.3, -0.25) is 4.79 Å². The van der Waals surface area contributed by atoms with Crippen LogP contribution in [0.2, 0.25) is 5.02 Å². The molecule has 1 atom stereocenters. The van der Waals surface area contributed by atoms with E-state index in [-0.39, 0.29) is 11.6 Å². The van der Waals surface area contributed by atoms with Crippen molar-refractivity contribution in [1.82, 2.24) is 9.78 Å². The average Bonchev–Trinajstić information content (AvgIpc) is 2.63. The smallest absolute Gasteiger partial charge is 0.292 e. The molecular formula is C19H18ClN3O2. The fourth-order valence-electron chi connectivity index (χ4n) is 2.51. The highest BCUT2D eigenvalue weighted by Gasteiger charge is 2.13. The van der Waals surface area contributed by atoms with Crippen molar-refractivity contribution in [3.63, 3.8) is 0 Å². The molecule has 1 heterocycles. The van der Waals surface area contributed by atoms with Crippen LogP contribution >= 0.6 is 11.6 Å². The number of nitrogens with zero attached hydrogens (tertiary/aromatic N) is 2. The molecule has 0 aliphatic heterocycles. The second-order valence-electron chi connectivity index (χ2n) is 5.74. The van der Waals surface area contributed by atoms with Gasteiger partial charge in [-0.15, -0.1) is 0 Å². The van der Waals surface area contributed by atoms with Gasteiger partial charge in [0, 0.05) is 6.54 Å². The summed E-state index contributed by atoms with van der Waals surface area (Å²) in [5.41, 5.74) is 2.49. The van der Waals surface area contributed by atoms with Crippen LogP contribution in [0.25, 0.3) is 5.69 Å². The first kappa shape index (κ1) is 17.2. The van der Waals surface area contributed by atoms with Gasteiger partial charge in [0.2, 0.25) is 0 Å². The Balaban J connectivity index is 1.78. The Morgan fingerprint density at radius 1 is 1.20 bits per heavy atom. The highest BCUT2D eigenvalue weighted by molar-refractivity contribution is 6.32. The highest BCUT2D eigenvalue weighted by Crippen LogP contribution is 2.19. The van der Waals surface area contributed by atoms with E-state index in [0.717, 1.165) is 11.1 Å².